The monoisotopic (exact) mass is 507 g/mol. The van der Waals surface area contributed by atoms with Gasteiger partial charge in [-0.05, 0) is 62.4 Å². The molecule has 0 spiro atoms. The minimum atomic E-state index is -0.401. The molecule has 2 heterocycles. The standard InChI is InChI=1S/C29H37N3O5/c1-5-35-16-9-15-32-28(20-12-13-23(24(18-20)36-6-2)37-17-14-19(3)4)25-26(30-31-27(25)29(32)34)21-10-7-8-11-22(21)33/h7-8,10-13,18-19,28,33H,5-6,9,14-17H2,1-4H3,(H,30,31). The first-order valence-electron chi connectivity index (χ1n) is 13.1. The summed E-state index contributed by atoms with van der Waals surface area (Å²) in [6, 6.07) is 12.5. The van der Waals surface area contributed by atoms with E-state index in [1.165, 1.54) is 0 Å². The number of amides is 1. The van der Waals surface area contributed by atoms with Gasteiger partial charge in [-0.2, -0.15) is 5.10 Å². The third kappa shape index (κ3) is 5.74. The normalized spacial score (nSPS) is 14.9. The number of aromatic amines is 1. The molecule has 2 aromatic carbocycles. The Labute approximate surface area is 218 Å². The number of fused-ring (bicyclic) bond motifs is 1. The van der Waals surface area contributed by atoms with Gasteiger partial charge in [0.2, 0.25) is 0 Å². The summed E-state index contributed by atoms with van der Waals surface area (Å²) in [5.74, 6) is 1.86. The summed E-state index contributed by atoms with van der Waals surface area (Å²) in [5, 5.41) is 18.0. The van der Waals surface area contributed by atoms with Crippen molar-refractivity contribution in [1.82, 2.24) is 15.1 Å². The van der Waals surface area contributed by atoms with E-state index in [1.54, 1.807) is 12.1 Å². The Bertz CT molecular complexity index is 1210. The summed E-state index contributed by atoms with van der Waals surface area (Å²) in [6.45, 7) is 11.0. The van der Waals surface area contributed by atoms with Gasteiger partial charge in [-0.3, -0.25) is 9.89 Å². The number of para-hydroxylation sites is 1. The lowest BCUT2D eigenvalue weighted by Crippen LogP contribution is -2.31. The van der Waals surface area contributed by atoms with E-state index in [0.717, 1.165) is 17.5 Å². The van der Waals surface area contributed by atoms with Crippen molar-refractivity contribution >= 4 is 5.91 Å². The van der Waals surface area contributed by atoms with E-state index in [2.05, 4.69) is 24.0 Å². The van der Waals surface area contributed by atoms with Gasteiger partial charge in [-0.15, -0.1) is 0 Å². The Morgan fingerprint density at radius 1 is 1.05 bits per heavy atom. The molecule has 3 aromatic rings. The second kappa shape index (κ2) is 12.1. The third-order valence-electron chi connectivity index (χ3n) is 6.45. The molecule has 1 aliphatic heterocycles. The summed E-state index contributed by atoms with van der Waals surface area (Å²) in [4.78, 5) is 15.4. The number of hydrogen-bond donors (Lipinski definition) is 2. The van der Waals surface area contributed by atoms with Crippen LogP contribution in [-0.2, 0) is 4.74 Å². The molecule has 1 aromatic heterocycles. The molecular weight excluding hydrogens is 470 g/mol. The number of rotatable bonds is 13. The summed E-state index contributed by atoms with van der Waals surface area (Å²) >= 11 is 0. The fraction of sp³-hybridized carbons (Fsp3) is 0.448. The first-order chi connectivity index (χ1) is 18.0. The maximum absolute atomic E-state index is 13.6. The minimum Gasteiger partial charge on any atom is -0.507 e. The van der Waals surface area contributed by atoms with Gasteiger partial charge in [0.25, 0.3) is 5.91 Å². The van der Waals surface area contributed by atoms with Gasteiger partial charge in [0.05, 0.1) is 19.3 Å². The highest BCUT2D eigenvalue weighted by atomic mass is 16.5. The topological polar surface area (TPSA) is 96.9 Å². The van der Waals surface area contributed by atoms with Crippen molar-refractivity contribution in [3.63, 3.8) is 0 Å². The highest BCUT2D eigenvalue weighted by molar-refractivity contribution is 6.00. The Morgan fingerprint density at radius 2 is 1.86 bits per heavy atom. The van der Waals surface area contributed by atoms with E-state index in [0.29, 0.717) is 73.8 Å². The fourth-order valence-corrected chi connectivity index (χ4v) is 4.62. The first-order valence-corrected chi connectivity index (χ1v) is 13.1. The summed E-state index contributed by atoms with van der Waals surface area (Å²) in [5.41, 5.74) is 3.22. The molecule has 37 heavy (non-hydrogen) atoms. The van der Waals surface area contributed by atoms with Crippen LogP contribution in [0.5, 0.6) is 17.2 Å². The van der Waals surface area contributed by atoms with Gasteiger partial charge in [0.1, 0.15) is 17.1 Å². The van der Waals surface area contributed by atoms with Crippen molar-refractivity contribution in [3.05, 3.63) is 59.3 Å². The van der Waals surface area contributed by atoms with Crippen LogP contribution in [0.15, 0.2) is 42.5 Å². The van der Waals surface area contributed by atoms with Crippen molar-refractivity contribution in [1.29, 1.82) is 0 Å². The molecule has 0 saturated carbocycles. The lowest BCUT2D eigenvalue weighted by atomic mass is 9.95. The fourth-order valence-electron chi connectivity index (χ4n) is 4.62. The number of carbonyl (C=O) groups is 1. The average Bonchev–Trinajstić information content (AvgIpc) is 3.42. The molecule has 0 radical (unpaired) electrons. The van der Waals surface area contributed by atoms with E-state index in [1.807, 2.05) is 49.1 Å². The SMILES string of the molecule is CCOCCCN1C(=O)c2[nH]nc(-c3ccccc3O)c2C1c1ccc(OCCC(C)C)c(OCC)c1. The van der Waals surface area contributed by atoms with Gasteiger partial charge in [-0.1, -0.05) is 32.0 Å². The molecule has 0 fully saturated rings. The van der Waals surface area contributed by atoms with Crippen molar-refractivity contribution in [2.24, 2.45) is 5.92 Å². The maximum Gasteiger partial charge on any atom is 0.273 e. The zero-order chi connectivity index (χ0) is 26.4. The Hall–Kier alpha value is -3.52. The summed E-state index contributed by atoms with van der Waals surface area (Å²) in [7, 11) is 0. The van der Waals surface area contributed by atoms with Crippen LogP contribution in [0.4, 0.5) is 0 Å². The number of nitrogens with zero attached hydrogens (tertiary/aromatic N) is 2. The van der Waals surface area contributed by atoms with Crippen molar-refractivity contribution in [3.8, 4) is 28.5 Å². The molecule has 1 aliphatic rings. The molecule has 1 unspecified atom stereocenters. The Balaban J connectivity index is 1.75. The molecule has 8 heteroatoms. The quantitative estimate of drug-likeness (QED) is 0.293. The molecule has 0 aliphatic carbocycles. The molecule has 8 nitrogen and oxygen atoms in total. The number of benzene rings is 2. The number of nitrogens with one attached hydrogen (secondary N) is 1. The maximum atomic E-state index is 13.6. The second-order valence-corrected chi connectivity index (χ2v) is 9.50. The third-order valence-corrected chi connectivity index (χ3v) is 6.45. The van der Waals surface area contributed by atoms with E-state index < -0.39 is 6.04 Å². The molecule has 4 rings (SSSR count). The number of H-pyrrole nitrogens is 1. The Kier molecular flexibility index (Phi) is 8.71. The Morgan fingerprint density at radius 3 is 2.59 bits per heavy atom. The van der Waals surface area contributed by atoms with E-state index in [4.69, 9.17) is 14.2 Å². The number of phenols is 1. The molecule has 0 saturated heterocycles. The van der Waals surface area contributed by atoms with Gasteiger partial charge in [0, 0.05) is 30.9 Å². The van der Waals surface area contributed by atoms with E-state index in [9.17, 15) is 9.90 Å². The largest absolute Gasteiger partial charge is 0.507 e. The molecule has 1 amide bonds. The number of phenolic OH excluding ortho intramolecular Hbond substituents is 1. The molecule has 1 atom stereocenters. The molecule has 2 N–H and O–H groups in total. The number of aromatic nitrogens is 2. The zero-order valence-electron chi connectivity index (χ0n) is 22.1. The van der Waals surface area contributed by atoms with Crippen LogP contribution in [0, 0.1) is 5.92 Å². The van der Waals surface area contributed by atoms with Crippen LogP contribution >= 0.6 is 0 Å². The first kappa shape index (κ1) is 26.5. The van der Waals surface area contributed by atoms with Crippen LogP contribution in [0.2, 0.25) is 0 Å². The van der Waals surface area contributed by atoms with Crippen LogP contribution < -0.4 is 9.47 Å². The number of aromatic hydroxyl groups is 1. The lowest BCUT2D eigenvalue weighted by molar-refractivity contribution is 0.0710. The highest BCUT2D eigenvalue weighted by Gasteiger charge is 2.42. The smallest absolute Gasteiger partial charge is 0.273 e. The van der Waals surface area contributed by atoms with Crippen LogP contribution in [0.25, 0.3) is 11.3 Å². The van der Waals surface area contributed by atoms with E-state index in [-0.39, 0.29) is 11.7 Å². The van der Waals surface area contributed by atoms with Crippen molar-refractivity contribution in [2.45, 2.75) is 46.6 Å². The van der Waals surface area contributed by atoms with Crippen LogP contribution in [-0.4, -0.2) is 59.1 Å². The van der Waals surface area contributed by atoms with Crippen molar-refractivity contribution in [2.75, 3.05) is 33.0 Å². The average molecular weight is 508 g/mol. The van der Waals surface area contributed by atoms with Crippen molar-refractivity contribution < 1.29 is 24.1 Å². The minimum absolute atomic E-state index is 0.113. The predicted octanol–water partition coefficient (Wildman–Crippen LogP) is 5.58. The number of carbonyl (C=O) groups excluding carboxylic acids is 1. The van der Waals surface area contributed by atoms with Crippen LogP contribution in [0.1, 0.15) is 68.2 Å². The van der Waals surface area contributed by atoms with E-state index >= 15 is 0 Å². The molecule has 198 valence electrons. The number of ether oxygens (including phenoxy) is 3. The lowest BCUT2D eigenvalue weighted by Gasteiger charge is -2.27. The highest BCUT2D eigenvalue weighted by Crippen LogP contribution is 2.46. The van der Waals surface area contributed by atoms with Gasteiger partial charge < -0.3 is 24.2 Å². The van der Waals surface area contributed by atoms with Gasteiger partial charge in [0.15, 0.2) is 11.5 Å². The summed E-state index contributed by atoms with van der Waals surface area (Å²) < 4.78 is 17.5. The van der Waals surface area contributed by atoms with Crippen LogP contribution in [0.3, 0.4) is 0 Å². The zero-order valence-corrected chi connectivity index (χ0v) is 22.1. The summed E-state index contributed by atoms with van der Waals surface area (Å²) in [6.07, 6.45) is 1.65. The predicted molar refractivity (Wildman–Crippen MR) is 142 cm³/mol. The van der Waals surface area contributed by atoms with Gasteiger partial charge in [-0.25, -0.2) is 0 Å². The number of hydrogen-bond acceptors (Lipinski definition) is 6. The molecule has 0 bridgehead atoms. The second-order valence-electron chi connectivity index (χ2n) is 9.50. The van der Waals surface area contributed by atoms with Gasteiger partial charge >= 0.3 is 0 Å². The molecular formula is C29H37N3O5.